The molecule has 1 aliphatic rings. The Labute approximate surface area is 154 Å². The van der Waals surface area contributed by atoms with E-state index in [1.807, 2.05) is 20.8 Å². The smallest absolute Gasteiger partial charge is 0.303 e. The third kappa shape index (κ3) is 8.03. The highest BCUT2D eigenvalue weighted by molar-refractivity contribution is 7.99. The fraction of sp³-hybridized carbons (Fsp3) is 0.778. The molecule has 0 amide bonds. The lowest BCUT2D eigenvalue weighted by molar-refractivity contribution is -0.567. The molecule has 0 saturated carbocycles. The van der Waals surface area contributed by atoms with E-state index in [0.717, 1.165) is 17.9 Å². The Hall–Kier alpha value is -1.37. The van der Waals surface area contributed by atoms with Crippen LogP contribution in [0.4, 0.5) is 0 Å². The maximum atomic E-state index is 12.5. The molecule has 0 aromatic rings. The number of hydrazone groups is 1. The van der Waals surface area contributed by atoms with E-state index >= 15 is 0 Å². The van der Waals surface area contributed by atoms with Gasteiger partial charge in [0.25, 0.3) is 0 Å². The van der Waals surface area contributed by atoms with Gasteiger partial charge in [-0.2, -0.15) is 11.8 Å². The topological polar surface area (TPSA) is 100 Å². The van der Waals surface area contributed by atoms with Crippen LogP contribution in [-0.4, -0.2) is 50.6 Å². The van der Waals surface area contributed by atoms with Crippen molar-refractivity contribution < 1.29 is 24.2 Å². The van der Waals surface area contributed by atoms with Crippen molar-refractivity contribution in [2.75, 3.05) is 11.5 Å². The first kappa shape index (κ1) is 21.7. The summed E-state index contributed by atoms with van der Waals surface area (Å²) in [5, 5.41) is 8.59. The minimum absolute atomic E-state index is 0.0359. The van der Waals surface area contributed by atoms with E-state index in [-0.39, 0.29) is 23.4 Å². The molecule has 0 aromatic carbocycles. The van der Waals surface area contributed by atoms with E-state index in [1.54, 1.807) is 11.8 Å². The summed E-state index contributed by atoms with van der Waals surface area (Å²) >= 11 is 1.69. The van der Waals surface area contributed by atoms with E-state index in [0.29, 0.717) is 37.8 Å². The molecule has 0 radical (unpaired) electrons. The van der Waals surface area contributed by atoms with E-state index in [9.17, 15) is 14.4 Å². The van der Waals surface area contributed by atoms with Crippen LogP contribution >= 0.6 is 11.8 Å². The number of carboxylic acids is 1. The number of hydrogen-bond donors (Lipinski definition) is 2. The molecular weight excluding hydrogens is 340 g/mol. The van der Waals surface area contributed by atoms with Gasteiger partial charge in [0.05, 0.1) is 0 Å². The van der Waals surface area contributed by atoms with Crippen molar-refractivity contribution in [1.29, 1.82) is 0 Å². The van der Waals surface area contributed by atoms with Crippen molar-refractivity contribution in [3.05, 3.63) is 0 Å². The summed E-state index contributed by atoms with van der Waals surface area (Å²) in [6, 6.07) is -0.396. The van der Waals surface area contributed by atoms with Gasteiger partial charge < -0.3 is 5.11 Å². The third-order valence-electron chi connectivity index (χ3n) is 4.10. The Bertz CT molecular complexity index is 538. The number of carbonyl (C=O) groups is 3. The number of carbonyl (C=O) groups excluding carboxylic acids is 2. The highest BCUT2D eigenvalue weighted by atomic mass is 32.2. The first-order chi connectivity index (χ1) is 11.6. The van der Waals surface area contributed by atoms with Crippen LogP contribution < -0.4 is 5.84 Å². The summed E-state index contributed by atoms with van der Waals surface area (Å²) in [5.41, 5.74) is 0.460. The maximum Gasteiger partial charge on any atom is 0.303 e. The zero-order valence-corrected chi connectivity index (χ0v) is 16.4. The number of Topliss-reactive ketones (excluding diaryl/α,β-unsaturated/α-hetero) is 2. The highest BCUT2D eigenvalue weighted by Gasteiger charge is 2.39. The molecule has 0 bridgehead atoms. The number of nitrogens with two attached hydrogens (primary N) is 1. The van der Waals surface area contributed by atoms with Gasteiger partial charge >= 0.3 is 5.97 Å². The van der Waals surface area contributed by atoms with E-state index in [1.165, 1.54) is 4.68 Å². The van der Waals surface area contributed by atoms with Crippen molar-refractivity contribution >= 4 is 35.0 Å². The van der Waals surface area contributed by atoms with Crippen molar-refractivity contribution in [3.8, 4) is 0 Å². The van der Waals surface area contributed by atoms with Gasteiger partial charge in [-0.25, -0.2) is 5.84 Å². The van der Waals surface area contributed by atoms with Gasteiger partial charge in [-0.3, -0.25) is 14.4 Å². The molecule has 1 rings (SSSR count). The summed E-state index contributed by atoms with van der Waals surface area (Å²) in [6.07, 6.45) is 3.60. The number of hydrogen-bond acceptors (Lipinski definition) is 5. The number of nitrogens with zero attached hydrogens (tertiary/aromatic N) is 1. The minimum Gasteiger partial charge on any atom is -0.481 e. The van der Waals surface area contributed by atoms with Crippen molar-refractivity contribution in [1.82, 2.24) is 0 Å². The molecule has 142 valence electrons. The molecular formula is C18H31N2O4S+. The summed E-state index contributed by atoms with van der Waals surface area (Å²) in [5.74, 6) is 7.10. The molecule has 0 aliphatic carbocycles. The molecule has 1 aliphatic heterocycles. The number of ketones is 2. The molecule has 0 aromatic heterocycles. The monoisotopic (exact) mass is 371 g/mol. The predicted molar refractivity (Wildman–Crippen MR) is 100.0 cm³/mol. The number of unbranched alkanes of at least 4 members (excludes halogenated alkanes) is 1. The lowest BCUT2D eigenvalue weighted by atomic mass is 9.85. The summed E-state index contributed by atoms with van der Waals surface area (Å²) in [6.45, 7) is 6.06. The summed E-state index contributed by atoms with van der Waals surface area (Å²) in [4.78, 5) is 35.1. The first-order valence-electron chi connectivity index (χ1n) is 8.87. The van der Waals surface area contributed by atoms with Gasteiger partial charge in [0.1, 0.15) is 0 Å². The number of hydrazine groups is 1. The average molecular weight is 372 g/mol. The Morgan fingerprint density at radius 2 is 1.96 bits per heavy atom. The van der Waals surface area contributed by atoms with Gasteiger partial charge in [-0.15, -0.1) is 4.68 Å². The third-order valence-corrected chi connectivity index (χ3v) is 5.17. The second-order valence-electron chi connectivity index (χ2n) is 7.75. The van der Waals surface area contributed by atoms with Gasteiger partial charge in [0.15, 0.2) is 0 Å². The molecule has 25 heavy (non-hydrogen) atoms. The van der Waals surface area contributed by atoms with Crippen LogP contribution in [0.5, 0.6) is 0 Å². The normalized spacial score (nSPS) is 18.5. The molecule has 1 unspecified atom stereocenters. The molecule has 1 atom stereocenters. The quantitative estimate of drug-likeness (QED) is 0.347. The van der Waals surface area contributed by atoms with Crippen LogP contribution in [0.15, 0.2) is 0 Å². The van der Waals surface area contributed by atoms with Crippen LogP contribution in [0, 0.1) is 5.41 Å². The summed E-state index contributed by atoms with van der Waals surface area (Å²) < 4.78 is 1.41. The van der Waals surface area contributed by atoms with Crippen molar-refractivity contribution in [3.63, 3.8) is 0 Å². The summed E-state index contributed by atoms with van der Waals surface area (Å²) in [7, 11) is 0. The number of carboxylic acid groups (broad SMARTS) is 1. The van der Waals surface area contributed by atoms with Crippen LogP contribution in [0.1, 0.15) is 65.7 Å². The van der Waals surface area contributed by atoms with Crippen molar-refractivity contribution in [2.24, 2.45) is 11.3 Å². The van der Waals surface area contributed by atoms with Crippen molar-refractivity contribution in [2.45, 2.75) is 71.8 Å². The van der Waals surface area contributed by atoms with Crippen LogP contribution in [0.25, 0.3) is 0 Å². The van der Waals surface area contributed by atoms with E-state index in [4.69, 9.17) is 10.9 Å². The van der Waals surface area contributed by atoms with Gasteiger partial charge in [0, 0.05) is 37.9 Å². The van der Waals surface area contributed by atoms with E-state index < -0.39 is 12.0 Å². The molecule has 0 fully saturated rings. The maximum absolute atomic E-state index is 12.5. The zero-order valence-electron chi connectivity index (χ0n) is 15.5. The lowest BCUT2D eigenvalue weighted by Crippen LogP contribution is -2.49. The fourth-order valence-electron chi connectivity index (χ4n) is 2.86. The molecule has 7 heteroatoms. The highest BCUT2D eigenvalue weighted by Crippen LogP contribution is 2.23. The van der Waals surface area contributed by atoms with E-state index in [2.05, 4.69) is 0 Å². The molecule has 0 spiro atoms. The first-order valence-corrected chi connectivity index (χ1v) is 10.0. The molecule has 1 heterocycles. The Balaban J connectivity index is 2.52. The van der Waals surface area contributed by atoms with Gasteiger partial charge in [-0.05, 0) is 24.0 Å². The van der Waals surface area contributed by atoms with Crippen LogP contribution in [-0.2, 0) is 14.4 Å². The number of rotatable bonds is 10. The number of aliphatic carboxylic acids is 1. The zero-order chi connectivity index (χ0) is 19.0. The Morgan fingerprint density at radius 3 is 2.56 bits per heavy atom. The SMILES string of the molecule is CC(C)(C)CC(=O)C1CCC(=O)C(CCSCCCCC(=O)O)=[N+]1N. The Morgan fingerprint density at radius 1 is 1.28 bits per heavy atom. The minimum atomic E-state index is -0.766. The second kappa shape index (κ2) is 9.94. The van der Waals surface area contributed by atoms with Gasteiger partial charge in [-0.1, -0.05) is 20.8 Å². The second-order valence-corrected chi connectivity index (χ2v) is 8.97. The largest absolute Gasteiger partial charge is 0.481 e. The molecule has 6 nitrogen and oxygen atoms in total. The fourth-order valence-corrected chi connectivity index (χ4v) is 3.81. The van der Waals surface area contributed by atoms with Gasteiger partial charge in [0.2, 0.25) is 23.3 Å². The Kier molecular flexibility index (Phi) is 8.62. The predicted octanol–water partition coefficient (Wildman–Crippen LogP) is 2.43. The average Bonchev–Trinajstić information content (AvgIpc) is 2.46. The van der Waals surface area contributed by atoms with Crippen LogP contribution in [0.3, 0.4) is 0 Å². The number of thioether (sulfide) groups is 1. The standard InChI is InChI=1S/C18H30N2O4S/c1-18(2,3)12-16(22)13-7-8-15(21)14(20(13)19)9-11-25-10-5-4-6-17(23)24/h13H,4-12H2,1-3H3,(H2-,19,21,23,24)/p+1. The molecule has 0 saturated heterocycles. The van der Waals surface area contributed by atoms with Crippen LogP contribution in [0.2, 0.25) is 0 Å². The molecule has 3 N–H and O–H groups in total. The lowest BCUT2D eigenvalue weighted by Gasteiger charge is -2.22.